The number of aliphatic hydroxyl groups is 3. The number of rotatable bonds is 4. The third-order valence-corrected chi connectivity index (χ3v) is 8.06. The van der Waals surface area contributed by atoms with Gasteiger partial charge in [0, 0.05) is 65.1 Å². The Labute approximate surface area is 223 Å². The van der Waals surface area contributed by atoms with Crippen LogP contribution in [0.5, 0.6) is 5.75 Å². The van der Waals surface area contributed by atoms with Crippen molar-refractivity contribution >= 4 is 34.6 Å². The molecule has 11 heteroatoms. The molecule has 1 fully saturated rings. The van der Waals surface area contributed by atoms with Crippen LogP contribution in [0.25, 0.3) is 16.9 Å². The first-order chi connectivity index (χ1) is 18.3. The van der Waals surface area contributed by atoms with Gasteiger partial charge in [-0.15, -0.1) is 0 Å². The number of aromatic hydroxyl groups is 1. The first kappa shape index (κ1) is 26.1. The van der Waals surface area contributed by atoms with E-state index in [1.807, 2.05) is 0 Å². The van der Waals surface area contributed by atoms with Gasteiger partial charge in [0.25, 0.3) is 11.6 Å². The largest absolute Gasteiger partial charge is 0.508 e. The number of ketones is 2. The molecule has 202 valence electrons. The van der Waals surface area contributed by atoms with E-state index >= 15 is 0 Å². The van der Waals surface area contributed by atoms with Crippen LogP contribution in [-0.2, 0) is 20.8 Å². The Kier molecular flexibility index (Phi) is 5.87. The fourth-order valence-electron chi connectivity index (χ4n) is 6.14. The van der Waals surface area contributed by atoms with Gasteiger partial charge in [0.1, 0.15) is 22.8 Å². The number of aliphatic hydroxyl groups excluding tert-OH is 2. The number of Topliss-reactive ketones (excluding diaryl/α,β-unsaturated/α-hetero) is 2. The summed E-state index contributed by atoms with van der Waals surface area (Å²) in [7, 11) is 4.94. The molecule has 3 atom stereocenters. The second kappa shape index (κ2) is 8.77. The molecule has 6 N–H and O–H groups in total. The molecular formula is C28H28N3O8+. The molecule has 0 saturated heterocycles. The summed E-state index contributed by atoms with van der Waals surface area (Å²) < 4.78 is 0.692. The number of carbonyl (C=O) groups excluding carboxylic acids is 3. The molecule has 0 radical (unpaired) electrons. The van der Waals surface area contributed by atoms with E-state index in [0.29, 0.717) is 32.8 Å². The number of nitrogens with zero attached hydrogens (tertiary/aromatic N) is 2. The van der Waals surface area contributed by atoms with Gasteiger partial charge >= 0.3 is 0 Å². The third kappa shape index (κ3) is 3.64. The SMILES string of the molecule is CN(C)c1cc(-c2ccc([N+](C)=O)cc2)c(O)c2c1C[C@H]1C[C@H]3CC(=O)C(C(N)=O)=C(O)[C@@]3(O)C(=O)C1=C2O. The molecule has 0 spiro atoms. The number of benzene rings is 2. The number of nitroso groups, excluding NO2 is 1. The lowest BCUT2D eigenvalue weighted by molar-refractivity contribution is -0.428. The maximum absolute atomic E-state index is 13.8. The Morgan fingerprint density at radius 1 is 1.10 bits per heavy atom. The van der Waals surface area contributed by atoms with Gasteiger partial charge in [0.05, 0.1) is 5.56 Å². The minimum Gasteiger partial charge on any atom is -0.508 e. The normalized spacial score (nSPS) is 24.2. The summed E-state index contributed by atoms with van der Waals surface area (Å²) in [6.07, 6.45) is -0.112. The van der Waals surface area contributed by atoms with Gasteiger partial charge in [-0.2, -0.15) is 0 Å². The number of amides is 1. The van der Waals surface area contributed by atoms with Crippen molar-refractivity contribution in [2.24, 2.45) is 17.6 Å². The maximum atomic E-state index is 13.8. The van der Waals surface area contributed by atoms with E-state index in [1.165, 1.54) is 7.05 Å². The number of phenolic OH excluding ortho intramolecular Hbond substituents is 1. The zero-order chi connectivity index (χ0) is 28.5. The molecule has 0 unspecified atom stereocenters. The van der Waals surface area contributed by atoms with Crippen LogP contribution in [0.3, 0.4) is 0 Å². The lowest BCUT2D eigenvalue weighted by Gasteiger charge is -2.46. The van der Waals surface area contributed by atoms with E-state index in [-0.39, 0.29) is 36.1 Å². The van der Waals surface area contributed by atoms with Gasteiger partial charge in [-0.05, 0) is 48.1 Å². The number of anilines is 1. The average Bonchev–Trinajstić information content (AvgIpc) is 2.86. The van der Waals surface area contributed by atoms with Crippen LogP contribution >= 0.6 is 0 Å². The zero-order valence-electron chi connectivity index (χ0n) is 21.6. The van der Waals surface area contributed by atoms with Gasteiger partial charge in [0.2, 0.25) is 5.78 Å². The zero-order valence-corrected chi connectivity index (χ0v) is 21.6. The van der Waals surface area contributed by atoms with Crippen LogP contribution in [0.4, 0.5) is 11.4 Å². The Morgan fingerprint density at radius 3 is 2.31 bits per heavy atom. The topological polar surface area (TPSA) is 181 Å². The lowest BCUT2D eigenvalue weighted by atomic mass is 9.59. The molecule has 3 aliphatic carbocycles. The monoisotopic (exact) mass is 534 g/mol. The van der Waals surface area contributed by atoms with Crippen molar-refractivity contribution in [3.8, 4) is 16.9 Å². The number of hydrogen-bond donors (Lipinski definition) is 5. The van der Waals surface area contributed by atoms with Crippen molar-refractivity contribution in [1.29, 1.82) is 0 Å². The quantitative estimate of drug-likeness (QED) is 0.290. The van der Waals surface area contributed by atoms with E-state index < -0.39 is 52.0 Å². The molecule has 5 rings (SSSR count). The van der Waals surface area contributed by atoms with Crippen LogP contribution < -0.4 is 10.6 Å². The van der Waals surface area contributed by atoms with Crippen molar-refractivity contribution in [2.75, 3.05) is 26.0 Å². The maximum Gasteiger partial charge on any atom is 0.255 e. The lowest BCUT2D eigenvalue weighted by Crippen LogP contribution is -2.58. The summed E-state index contributed by atoms with van der Waals surface area (Å²) in [5.74, 6) is -6.70. The Balaban J connectivity index is 1.73. The number of hydrogen-bond acceptors (Lipinski definition) is 9. The second-order valence-electron chi connectivity index (χ2n) is 10.5. The number of carbonyl (C=O) groups is 3. The van der Waals surface area contributed by atoms with Crippen molar-refractivity contribution in [3.63, 3.8) is 0 Å². The van der Waals surface area contributed by atoms with E-state index in [4.69, 9.17) is 5.73 Å². The molecule has 0 aliphatic heterocycles. The van der Waals surface area contributed by atoms with Crippen molar-refractivity contribution in [1.82, 2.24) is 0 Å². The molecule has 0 bridgehead atoms. The predicted molar refractivity (Wildman–Crippen MR) is 140 cm³/mol. The molecular weight excluding hydrogens is 506 g/mol. The molecule has 2 aromatic carbocycles. The van der Waals surface area contributed by atoms with E-state index in [1.54, 1.807) is 49.3 Å². The highest BCUT2D eigenvalue weighted by atomic mass is 16.3. The summed E-state index contributed by atoms with van der Waals surface area (Å²) >= 11 is 0. The molecule has 2 aromatic rings. The minimum atomic E-state index is -2.62. The molecule has 0 heterocycles. The molecule has 1 amide bonds. The summed E-state index contributed by atoms with van der Waals surface area (Å²) in [4.78, 5) is 51.5. The third-order valence-electron chi connectivity index (χ3n) is 8.06. The van der Waals surface area contributed by atoms with E-state index in [2.05, 4.69) is 0 Å². The highest BCUT2D eigenvalue weighted by molar-refractivity contribution is 6.22. The second-order valence-corrected chi connectivity index (χ2v) is 10.5. The Hall–Kier alpha value is -4.51. The van der Waals surface area contributed by atoms with Gasteiger partial charge in [0.15, 0.2) is 18.4 Å². The first-order valence-corrected chi connectivity index (χ1v) is 12.3. The van der Waals surface area contributed by atoms with Gasteiger partial charge < -0.3 is 31.1 Å². The number of primary amides is 1. The number of fused-ring (bicyclic) bond motifs is 3. The molecule has 1 saturated carbocycles. The summed E-state index contributed by atoms with van der Waals surface area (Å²) in [5, 5.41) is 45.0. The van der Waals surface area contributed by atoms with Crippen molar-refractivity contribution < 1.29 is 39.6 Å². The van der Waals surface area contributed by atoms with Crippen LogP contribution in [0.15, 0.2) is 47.2 Å². The first-order valence-electron chi connectivity index (χ1n) is 12.3. The summed E-state index contributed by atoms with van der Waals surface area (Å²) in [6.45, 7) is 0. The van der Waals surface area contributed by atoms with Crippen LogP contribution in [0.2, 0.25) is 0 Å². The summed E-state index contributed by atoms with van der Waals surface area (Å²) in [5.41, 5.74) is 4.13. The summed E-state index contributed by atoms with van der Waals surface area (Å²) in [6, 6.07) is 8.21. The average molecular weight is 535 g/mol. The van der Waals surface area contributed by atoms with Crippen LogP contribution in [0, 0.1) is 16.7 Å². The van der Waals surface area contributed by atoms with Crippen LogP contribution in [-0.4, -0.2) is 69.4 Å². The highest BCUT2D eigenvalue weighted by Gasteiger charge is 2.60. The predicted octanol–water partition coefficient (Wildman–Crippen LogP) is 2.20. The minimum absolute atomic E-state index is 0.00773. The molecule has 39 heavy (non-hydrogen) atoms. The fourth-order valence-corrected chi connectivity index (χ4v) is 6.14. The van der Waals surface area contributed by atoms with Gasteiger partial charge in [-0.3, -0.25) is 14.4 Å². The van der Waals surface area contributed by atoms with E-state index in [0.717, 1.165) is 0 Å². The van der Waals surface area contributed by atoms with Crippen LogP contribution in [0.1, 0.15) is 24.0 Å². The smallest absolute Gasteiger partial charge is 0.255 e. The van der Waals surface area contributed by atoms with Crippen molar-refractivity contribution in [2.45, 2.75) is 24.9 Å². The molecule has 11 nitrogen and oxygen atoms in total. The molecule has 3 aliphatic rings. The Morgan fingerprint density at radius 2 is 1.74 bits per heavy atom. The number of phenols is 1. The van der Waals surface area contributed by atoms with Crippen molar-refractivity contribution in [3.05, 3.63) is 63.3 Å². The standard InChI is InChI=1S/C28H27N3O8/c1-30(2)18-11-16(12-4-6-15(7-5-12)31(3)39)23(33)21-17(18)9-13-8-14-10-19(32)22(27(29)37)26(36)28(14,38)25(35)20(13)24(21)34/h4-7,11,13-14,38H,8-10H2,1-3H3,(H4-,29,32,33,34,35,36,37,39)/p+1/t13-,14+,28+/m1/s1. The molecule has 0 aromatic heterocycles. The highest BCUT2D eigenvalue weighted by Crippen LogP contribution is 2.54. The van der Waals surface area contributed by atoms with Gasteiger partial charge in [-0.1, -0.05) is 0 Å². The van der Waals surface area contributed by atoms with E-state index in [9.17, 15) is 39.7 Å². The Bertz CT molecular complexity index is 1550. The number of nitrogens with two attached hydrogens (primary N) is 1. The fraction of sp³-hybridized carbons (Fsp3) is 0.321. The van der Waals surface area contributed by atoms with Gasteiger partial charge in [-0.25, -0.2) is 0 Å².